The number of sulfonamides is 1. The third-order valence-corrected chi connectivity index (χ3v) is 6.47. The Hall–Kier alpha value is -0.460. The maximum absolute atomic E-state index is 11.6. The topological polar surface area (TPSA) is 86.7 Å². The normalized spacial score (nSPS) is 17.0. The van der Waals surface area contributed by atoms with Crippen LogP contribution in [0.5, 0.6) is 0 Å². The number of aromatic nitrogens is 1. The fourth-order valence-electron chi connectivity index (χ4n) is 2.79. The van der Waals surface area contributed by atoms with E-state index in [-0.39, 0.29) is 24.0 Å². The molecule has 2 heterocycles. The molecule has 0 bridgehead atoms. The van der Waals surface area contributed by atoms with Gasteiger partial charge in [-0.1, -0.05) is 0 Å². The van der Waals surface area contributed by atoms with Gasteiger partial charge < -0.3 is 10.6 Å². The summed E-state index contributed by atoms with van der Waals surface area (Å²) in [7, 11) is -3.06. The Bertz CT molecular complexity index is 670. The highest BCUT2D eigenvalue weighted by Gasteiger charge is 2.24. The number of nitrogens with one attached hydrogen (secondary N) is 2. The Kier molecular flexibility index (Phi) is 10.3. The molecule has 0 saturated carbocycles. The van der Waals surface area contributed by atoms with E-state index in [1.165, 1.54) is 11.1 Å². The van der Waals surface area contributed by atoms with E-state index in [9.17, 15) is 8.42 Å². The molecule has 0 spiro atoms. The average Bonchev–Trinajstić information content (AvgIpc) is 2.97. The largest absolute Gasteiger partial charge is 0.357 e. The van der Waals surface area contributed by atoms with Crippen LogP contribution >= 0.6 is 35.3 Å². The smallest absolute Gasteiger partial charge is 0.211 e. The van der Waals surface area contributed by atoms with Crippen LogP contribution in [0.4, 0.5) is 0 Å². The van der Waals surface area contributed by atoms with Gasteiger partial charge in [-0.05, 0) is 32.6 Å². The number of piperidine rings is 1. The van der Waals surface area contributed by atoms with Crippen molar-refractivity contribution in [2.24, 2.45) is 10.9 Å². The molecule has 2 rings (SSSR count). The molecule has 26 heavy (non-hydrogen) atoms. The van der Waals surface area contributed by atoms with Gasteiger partial charge in [-0.3, -0.25) is 4.99 Å². The van der Waals surface area contributed by atoms with E-state index in [4.69, 9.17) is 0 Å². The number of aryl methyl sites for hydroxylation is 1. The Balaban J connectivity index is 0.00000338. The molecule has 1 saturated heterocycles. The van der Waals surface area contributed by atoms with Crippen LogP contribution in [0.2, 0.25) is 0 Å². The summed E-state index contributed by atoms with van der Waals surface area (Å²) < 4.78 is 24.7. The van der Waals surface area contributed by atoms with Gasteiger partial charge in [0.1, 0.15) is 0 Å². The number of nitrogens with zero attached hydrogens (tertiary/aromatic N) is 3. The zero-order valence-electron chi connectivity index (χ0n) is 15.7. The second kappa shape index (κ2) is 11.4. The molecule has 0 atom stereocenters. The van der Waals surface area contributed by atoms with Crippen LogP contribution in [0.15, 0.2) is 11.2 Å². The predicted molar refractivity (Wildman–Crippen MR) is 119 cm³/mol. The lowest BCUT2D eigenvalue weighted by molar-refractivity contribution is 0.280. The van der Waals surface area contributed by atoms with Gasteiger partial charge in [-0.2, -0.15) is 0 Å². The third kappa shape index (κ3) is 8.05. The number of halogens is 1. The molecule has 150 valence electrons. The van der Waals surface area contributed by atoms with Crippen molar-refractivity contribution >= 4 is 51.3 Å². The molecule has 0 amide bonds. The van der Waals surface area contributed by atoms with Crippen molar-refractivity contribution in [2.75, 3.05) is 39.0 Å². The van der Waals surface area contributed by atoms with Gasteiger partial charge in [0.25, 0.3) is 0 Å². The van der Waals surface area contributed by atoms with Crippen LogP contribution in [0, 0.1) is 12.8 Å². The highest BCUT2D eigenvalue weighted by Crippen LogP contribution is 2.19. The van der Waals surface area contributed by atoms with Gasteiger partial charge in [-0.25, -0.2) is 17.7 Å². The van der Waals surface area contributed by atoms with Crippen LogP contribution in [0.1, 0.15) is 29.7 Å². The maximum atomic E-state index is 11.6. The summed E-state index contributed by atoms with van der Waals surface area (Å²) in [6.45, 7) is 7.66. The summed E-state index contributed by atoms with van der Waals surface area (Å²) in [5, 5.41) is 7.75. The summed E-state index contributed by atoms with van der Waals surface area (Å²) >= 11 is 1.73. The number of rotatable bonds is 7. The molecule has 0 unspecified atom stereocenters. The van der Waals surface area contributed by atoms with E-state index < -0.39 is 10.0 Å². The quantitative estimate of drug-likeness (QED) is 0.329. The first kappa shape index (κ1) is 23.6. The third-order valence-electron chi connectivity index (χ3n) is 4.19. The van der Waals surface area contributed by atoms with Crippen molar-refractivity contribution in [3.05, 3.63) is 16.1 Å². The average molecular weight is 515 g/mol. The van der Waals surface area contributed by atoms with Crippen LogP contribution in [-0.4, -0.2) is 62.6 Å². The van der Waals surface area contributed by atoms with Crippen molar-refractivity contribution in [1.29, 1.82) is 0 Å². The lowest BCUT2D eigenvalue weighted by Crippen LogP contribution is -2.40. The van der Waals surface area contributed by atoms with E-state index in [0.717, 1.165) is 49.9 Å². The van der Waals surface area contributed by atoms with Crippen molar-refractivity contribution in [3.63, 3.8) is 0 Å². The first-order valence-electron chi connectivity index (χ1n) is 8.77. The number of hydrogen-bond donors (Lipinski definition) is 2. The fraction of sp³-hybridized carbons (Fsp3) is 0.750. The highest BCUT2D eigenvalue weighted by molar-refractivity contribution is 14.0. The molecule has 0 aromatic carbocycles. The number of thiazole rings is 1. The van der Waals surface area contributed by atoms with E-state index in [1.54, 1.807) is 15.6 Å². The molecule has 0 radical (unpaired) electrons. The zero-order chi connectivity index (χ0) is 18.3. The van der Waals surface area contributed by atoms with Crippen LogP contribution in [-0.2, 0) is 16.4 Å². The number of aliphatic imine (C=N–C) groups is 1. The van der Waals surface area contributed by atoms with Gasteiger partial charge in [0.15, 0.2) is 5.96 Å². The Morgan fingerprint density at radius 1 is 1.38 bits per heavy atom. The van der Waals surface area contributed by atoms with Gasteiger partial charge in [0.05, 0.1) is 11.3 Å². The molecule has 7 nitrogen and oxygen atoms in total. The van der Waals surface area contributed by atoms with Gasteiger partial charge in [0, 0.05) is 50.2 Å². The first-order chi connectivity index (χ1) is 11.9. The molecule has 2 N–H and O–H groups in total. The van der Waals surface area contributed by atoms with Crippen molar-refractivity contribution in [3.8, 4) is 0 Å². The van der Waals surface area contributed by atoms with E-state index >= 15 is 0 Å². The summed E-state index contributed by atoms with van der Waals surface area (Å²) in [5.41, 5.74) is 0. The minimum absolute atomic E-state index is 0. The Morgan fingerprint density at radius 2 is 2.08 bits per heavy atom. The molecule has 1 aromatic rings. The molecule has 1 fully saturated rings. The molecular formula is C16H30IN5O2S2. The Morgan fingerprint density at radius 3 is 2.62 bits per heavy atom. The van der Waals surface area contributed by atoms with Crippen molar-refractivity contribution in [1.82, 2.24) is 19.9 Å². The van der Waals surface area contributed by atoms with Crippen LogP contribution in [0.3, 0.4) is 0 Å². The number of guanidine groups is 1. The molecule has 1 aromatic heterocycles. The second-order valence-electron chi connectivity index (χ2n) is 6.37. The standard InChI is InChI=1S/C16H29N5O2S2.HI/c1-4-17-16(18-8-5-15-19-11-13(2)24-15)20-12-14-6-9-21(10-7-14)25(3,22)23;/h11,14H,4-10,12H2,1-3H3,(H2,17,18,20);1H. The predicted octanol–water partition coefficient (Wildman–Crippen LogP) is 1.84. The van der Waals surface area contributed by atoms with E-state index in [0.29, 0.717) is 19.0 Å². The van der Waals surface area contributed by atoms with E-state index in [1.807, 2.05) is 13.1 Å². The number of hydrogen-bond acceptors (Lipinski definition) is 5. The SMILES string of the molecule is CCNC(=NCC1CCN(S(C)(=O)=O)CC1)NCCc1ncc(C)s1.I. The molecule has 1 aliphatic rings. The minimum Gasteiger partial charge on any atom is -0.357 e. The highest BCUT2D eigenvalue weighted by atomic mass is 127. The van der Waals surface area contributed by atoms with Crippen molar-refractivity contribution in [2.45, 2.75) is 33.1 Å². The minimum atomic E-state index is -3.06. The Labute approximate surface area is 178 Å². The lowest BCUT2D eigenvalue weighted by Gasteiger charge is -2.29. The summed E-state index contributed by atoms with van der Waals surface area (Å²) in [6, 6.07) is 0. The molecule has 1 aliphatic heterocycles. The van der Waals surface area contributed by atoms with Crippen molar-refractivity contribution < 1.29 is 8.42 Å². The summed E-state index contributed by atoms with van der Waals surface area (Å²) in [4.78, 5) is 10.3. The molecule has 0 aliphatic carbocycles. The maximum Gasteiger partial charge on any atom is 0.211 e. The van der Waals surface area contributed by atoms with Crippen LogP contribution in [0.25, 0.3) is 0 Å². The fourth-order valence-corrected chi connectivity index (χ4v) is 4.45. The monoisotopic (exact) mass is 515 g/mol. The van der Waals surface area contributed by atoms with Gasteiger partial charge in [0.2, 0.25) is 10.0 Å². The first-order valence-corrected chi connectivity index (χ1v) is 11.4. The van der Waals surface area contributed by atoms with Gasteiger partial charge >= 0.3 is 0 Å². The van der Waals surface area contributed by atoms with Gasteiger partial charge in [-0.15, -0.1) is 35.3 Å². The van der Waals surface area contributed by atoms with Crippen LogP contribution < -0.4 is 10.6 Å². The van der Waals surface area contributed by atoms with E-state index in [2.05, 4.69) is 27.5 Å². The second-order valence-corrected chi connectivity index (χ2v) is 9.67. The zero-order valence-corrected chi connectivity index (χ0v) is 19.7. The molecule has 10 heteroatoms. The lowest BCUT2D eigenvalue weighted by atomic mass is 9.98. The summed E-state index contributed by atoms with van der Waals surface area (Å²) in [5.74, 6) is 1.26. The molecular weight excluding hydrogens is 485 g/mol. The summed E-state index contributed by atoms with van der Waals surface area (Å²) in [6.07, 6.45) is 5.81.